The van der Waals surface area contributed by atoms with E-state index in [2.05, 4.69) is 4.74 Å². The summed E-state index contributed by atoms with van der Waals surface area (Å²) in [5.74, 6) is 0.245. The van der Waals surface area contributed by atoms with Crippen molar-refractivity contribution < 1.29 is 22.6 Å². The van der Waals surface area contributed by atoms with Crippen molar-refractivity contribution in [2.45, 2.75) is 32.2 Å². The number of ether oxygens (including phenoxy) is 2. The highest BCUT2D eigenvalue weighted by molar-refractivity contribution is 5.40. The largest absolute Gasteiger partial charge is 0.573 e. The van der Waals surface area contributed by atoms with Gasteiger partial charge in [0.15, 0.2) is 0 Å². The molecular formula is C12H16F3NO2. The normalized spacial score (nSPS) is 13.2. The highest BCUT2D eigenvalue weighted by Gasteiger charge is 2.31. The molecular weight excluding hydrogens is 247 g/mol. The summed E-state index contributed by atoms with van der Waals surface area (Å²) in [7, 11) is 1.46. The van der Waals surface area contributed by atoms with Gasteiger partial charge < -0.3 is 15.2 Å². The van der Waals surface area contributed by atoms with Crippen LogP contribution >= 0.6 is 0 Å². The monoisotopic (exact) mass is 263 g/mol. The summed E-state index contributed by atoms with van der Waals surface area (Å²) in [4.78, 5) is 0. The van der Waals surface area contributed by atoms with Gasteiger partial charge in [0.1, 0.15) is 11.5 Å². The van der Waals surface area contributed by atoms with E-state index in [9.17, 15) is 13.2 Å². The fourth-order valence-electron chi connectivity index (χ4n) is 1.54. The lowest BCUT2D eigenvalue weighted by atomic mass is 10.0. The third-order valence-electron chi connectivity index (χ3n) is 2.49. The Balaban J connectivity index is 2.94. The molecule has 0 radical (unpaired) electrons. The first kappa shape index (κ1) is 14.6. The van der Waals surface area contributed by atoms with Crippen molar-refractivity contribution in [1.29, 1.82) is 0 Å². The van der Waals surface area contributed by atoms with Gasteiger partial charge in [0.25, 0.3) is 0 Å². The van der Waals surface area contributed by atoms with Gasteiger partial charge in [0, 0.05) is 6.04 Å². The van der Waals surface area contributed by atoms with Crippen LogP contribution in [-0.4, -0.2) is 19.5 Å². The van der Waals surface area contributed by atoms with Crippen molar-refractivity contribution in [3.05, 3.63) is 23.8 Å². The minimum absolute atomic E-state index is 0.125. The Morgan fingerprint density at radius 1 is 1.33 bits per heavy atom. The number of benzene rings is 1. The Hall–Kier alpha value is -1.43. The molecule has 1 unspecified atom stereocenters. The third-order valence-corrected chi connectivity index (χ3v) is 2.49. The maximum Gasteiger partial charge on any atom is 0.573 e. The van der Waals surface area contributed by atoms with Gasteiger partial charge in [-0.1, -0.05) is 6.92 Å². The van der Waals surface area contributed by atoms with Crippen molar-refractivity contribution in [3.63, 3.8) is 0 Å². The number of hydrogen-bond donors (Lipinski definition) is 1. The smallest absolute Gasteiger partial charge is 0.496 e. The molecule has 0 aromatic heterocycles. The topological polar surface area (TPSA) is 44.5 Å². The van der Waals surface area contributed by atoms with Crippen LogP contribution in [-0.2, 0) is 6.42 Å². The van der Waals surface area contributed by atoms with E-state index >= 15 is 0 Å². The highest BCUT2D eigenvalue weighted by atomic mass is 19.4. The first-order valence-corrected chi connectivity index (χ1v) is 5.54. The molecule has 1 rings (SSSR count). The number of hydrogen-bond acceptors (Lipinski definition) is 3. The zero-order valence-corrected chi connectivity index (χ0v) is 10.3. The Morgan fingerprint density at radius 3 is 2.50 bits per heavy atom. The number of halogens is 3. The van der Waals surface area contributed by atoms with Crippen molar-refractivity contribution in [3.8, 4) is 11.5 Å². The Labute approximate surface area is 104 Å². The van der Waals surface area contributed by atoms with Gasteiger partial charge >= 0.3 is 6.36 Å². The van der Waals surface area contributed by atoms with Gasteiger partial charge in [-0.3, -0.25) is 0 Å². The summed E-state index contributed by atoms with van der Waals surface area (Å²) in [5, 5.41) is 0. The van der Waals surface area contributed by atoms with E-state index in [0.717, 1.165) is 6.42 Å². The lowest BCUT2D eigenvalue weighted by molar-refractivity contribution is -0.274. The lowest BCUT2D eigenvalue weighted by Crippen LogP contribution is -2.22. The van der Waals surface area contributed by atoms with Crippen LogP contribution in [0.5, 0.6) is 11.5 Å². The summed E-state index contributed by atoms with van der Waals surface area (Å²) in [6, 6.07) is 3.84. The van der Waals surface area contributed by atoms with Crippen molar-refractivity contribution in [1.82, 2.24) is 0 Å². The molecule has 6 heteroatoms. The Bertz CT molecular complexity index is 393. The second-order valence-electron chi connectivity index (χ2n) is 3.89. The fraction of sp³-hybridized carbons (Fsp3) is 0.500. The highest BCUT2D eigenvalue weighted by Crippen LogP contribution is 2.29. The fourth-order valence-corrected chi connectivity index (χ4v) is 1.54. The Morgan fingerprint density at radius 2 is 2.00 bits per heavy atom. The number of nitrogens with two attached hydrogens (primary N) is 1. The summed E-state index contributed by atoms with van der Waals surface area (Å²) >= 11 is 0. The molecule has 0 saturated carbocycles. The van der Waals surface area contributed by atoms with E-state index in [1.165, 1.54) is 25.3 Å². The van der Waals surface area contributed by atoms with Crippen LogP contribution in [0, 0.1) is 0 Å². The van der Waals surface area contributed by atoms with Crippen LogP contribution in [0.1, 0.15) is 18.9 Å². The van der Waals surface area contributed by atoms with Crippen molar-refractivity contribution in [2.75, 3.05) is 7.11 Å². The van der Waals surface area contributed by atoms with Gasteiger partial charge in [-0.05, 0) is 36.6 Å². The molecule has 0 aliphatic carbocycles. The molecule has 1 atom stereocenters. The molecule has 0 aliphatic heterocycles. The van der Waals surface area contributed by atoms with Gasteiger partial charge in [0.2, 0.25) is 0 Å². The summed E-state index contributed by atoms with van der Waals surface area (Å²) < 4.78 is 45.3. The van der Waals surface area contributed by atoms with E-state index in [-0.39, 0.29) is 11.8 Å². The predicted octanol–water partition coefficient (Wildman–Crippen LogP) is 2.87. The molecule has 0 fully saturated rings. The van der Waals surface area contributed by atoms with E-state index < -0.39 is 6.36 Å². The minimum atomic E-state index is -4.70. The summed E-state index contributed by atoms with van der Waals surface area (Å²) in [6.07, 6.45) is -3.53. The van der Waals surface area contributed by atoms with Crippen LogP contribution in [0.2, 0.25) is 0 Å². The lowest BCUT2D eigenvalue weighted by Gasteiger charge is -2.15. The minimum Gasteiger partial charge on any atom is -0.496 e. The SMILES string of the molecule is CCC(N)Cc1cc(OC(F)(F)F)ccc1OC. The summed E-state index contributed by atoms with van der Waals surface area (Å²) in [6.45, 7) is 1.91. The van der Waals surface area contributed by atoms with Gasteiger partial charge in [0.05, 0.1) is 7.11 Å². The quantitative estimate of drug-likeness (QED) is 0.888. The zero-order valence-electron chi connectivity index (χ0n) is 10.3. The van der Waals surface area contributed by atoms with E-state index in [4.69, 9.17) is 10.5 Å². The van der Waals surface area contributed by atoms with E-state index in [0.29, 0.717) is 17.7 Å². The molecule has 0 heterocycles. The van der Waals surface area contributed by atoms with Crippen LogP contribution in [0.15, 0.2) is 18.2 Å². The average molecular weight is 263 g/mol. The molecule has 0 saturated heterocycles. The molecule has 2 N–H and O–H groups in total. The van der Waals surface area contributed by atoms with E-state index in [1.807, 2.05) is 6.92 Å². The van der Waals surface area contributed by atoms with Crippen LogP contribution in [0.3, 0.4) is 0 Å². The molecule has 1 aromatic rings. The molecule has 0 aliphatic rings. The molecule has 0 amide bonds. The third kappa shape index (κ3) is 4.44. The van der Waals surface area contributed by atoms with Crippen LogP contribution in [0.4, 0.5) is 13.2 Å². The first-order chi connectivity index (χ1) is 8.35. The second-order valence-corrected chi connectivity index (χ2v) is 3.89. The van der Waals surface area contributed by atoms with Crippen molar-refractivity contribution in [2.24, 2.45) is 5.73 Å². The molecule has 3 nitrogen and oxygen atoms in total. The van der Waals surface area contributed by atoms with Crippen LogP contribution < -0.4 is 15.2 Å². The maximum atomic E-state index is 12.1. The predicted molar refractivity (Wildman–Crippen MR) is 61.6 cm³/mol. The zero-order chi connectivity index (χ0) is 13.8. The average Bonchev–Trinajstić information content (AvgIpc) is 2.27. The maximum absolute atomic E-state index is 12.1. The van der Waals surface area contributed by atoms with Gasteiger partial charge in [-0.15, -0.1) is 13.2 Å². The Kier molecular flexibility index (Phi) is 4.84. The van der Waals surface area contributed by atoms with E-state index in [1.54, 1.807) is 0 Å². The standard InChI is InChI=1S/C12H16F3NO2/c1-3-9(16)6-8-7-10(18-12(13,14)15)4-5-11(8)17-2/h4-5,7,9H,3,6,16H2,1-2H3. The number of rotatable bonds is 5. The molecule has 1 aromatic carbocycles. The van der Waals surface area contributed by atoms with Gasteiger partial charge in [-0.2, -0.15) is 0 Å². The number of methoxy groups -OCH3 is 1. The van der Waals surface area contributed by atoms with Crippen LogP contribution in [0.25, 0.3) is 0 Å². The molecule has 18 heavy (non-hydrogen) atoms. The van der Waals surface area contributed by atoms with Gasteiger partial charge in [-0.25, -0.2) is 0 Å². The number of alkyl halides is 3. The second kappa shape index (κ2) is 5.95. The molecule has 0 bridgehead atoms. The summed E-state index contributed by atoms with van der Waals surface area (Å²) in [5.41, 5.74) is 6.39. The van der Waals surface area contributed by atoms with Crippen molar-refractivity contribution >= 4 is 0 Å². The molecule has 0 spiro atoms. The first-order valence-electron chi connectivity index (χ1n) is 5.54. The molecule has 102 valence electrons.